The number of piperidine rings is 1. The molecule has 2 aromatic carbocycles. The smallest absolute Gasteiger partial charge is 0.228 e. The van der Waals surface area contributed by atoms with Gasteiger partial charge >= 0.3 is 0 Å². The van der Waals surface area contributed by atoms with Gasteiger partial charge in [-0.3, -0.25) is 9.69 Å². The van der Waals surface area contributed by atoms with E-state index in [-0.39, 0.29) is 11.8 Å². The predicted octanol–water partition coefficient (Wildman–Crippen LogP) is 4.33. The molecule has 0 spiro atoms. The number of nitrogens with one attached hydrogen (secondary N) is 1. The minimum Gasteiger partial charge on any atom is -0.464 e. The molecular weight excluding hydrogens is 380 g/mol. The number of amides is 1. The van der Waals surface area contributed by atoms with Gasteiger partial charge in [0.25, 0.3) is 0 Å². The van der Waals surface area contributed by atoms with Crippen molar-refractivity contribution in [3.05, 3.63) is 66.4 Å². The maximum absolute atomic E-state index is 12.8. The van der Waals surface area contributed by atoms with Crippen molar-refractivity contribution in [2.45, 2.75) is 19.4 Å². The van der Waals surface area contributed by atoms with Crippen LogP contribution in [0, 0.1) is 5.92 Å². The summed E-state index contributed by atoms with van der Waals surface area (Å²) < 4.78 is 10.2. The standard InChI is InChI=1S/C23H22N4O3/c28-23(24-19-8-6-17(7-9-19)22-4-2-12-29-22)18-3-1-11-27(15-18)14-16-5-10-20-21(13-16)26-30-25-20/h2,4-10,12-13,18H,1,3,11,14-15H2,(H,24,28). The van der Waals surface area contributed by atoms with Crippen LogP contribution in [-0.2, 0) is 11.3 Å². The second-order valence-corrected chi connectivity index (χ2v) is 7.71. The number of hydrogen-bond donors (Lipinski definition) is 1. The summed E-state index contributed by atoms with van der Waals surface area (Å²) in [5, 5.41) is 10.8. The van der Waals surface area contributed by atoms with Crippen LogP contribution in [0.15, 0.2) is 69.9 Å². The van der Waals surface area contributed by atoms with E-state index in [1.165, 1.54) is 0 Å². The molecular formula is C23H22N4O3. The van der Waals surface area contributed by atoms with E-state index < -0.39 is 0 Å². The molecule has 2 aromatic heterocycles. The van der Waals surface area contributed by atoms with Crippen molar-refractivity contribution in [1.29, 1.82) is 0 Å². The Hall–Kier alpha value is -3.45. The van der Waals surface area contributed by atoms with E-state index in [1.807, 2.05) is 54.6 Å². The highest BCUT2D eigenvalue weighted by molar-refractivity contribution is 5.93. The highest BCUT2D eigenvalue weighted by Gasteiger charge is 2.26. The number of rotatable bonds is 5. The van der Waals surface area contributed by atoms with Gasteiger partial charge in [0, 0.05) is 24.3 Å². The van der Waals surface area contributed by atoms with Crippen molar-refractivity contribution in [3.63, 3.8) is 0 Å². The summed E-state index contributed by atoms with van der Waals surface area (Å²) in [6.45, 7) is 2.51. The predicted molar refractivity (Wildman–Crippen MR) is 113 cm³/mol. The van der Waals surface area contributed by atoms with E-state index in [2.05, 4.69) is 20.5 Å². The van der Waals surface area contributed by atoms with E-state index in [1.54, 1.807) is 6.26 Å². The number of fused-ring (bicyclic) bond motifs is 1. The maximum atomic E-state index is 12.8. The summed E-state index contributed by atoms with van der Waals surface area (Å²) in [5.41, 5.74) is 4.45. The molecule has 30 heavy (non-hydrogen) atoms. The molecule has 0 aliphatic carbocycles. The molecule has 1 aliphatic heterocycles. The van der Waals surface area contributed by atoms with Crippen LogP contribution in [0.2, 0.25) is 0 Å². The normalized spacial score (nSPS) is 17.3. The fraction of sp³-hybridized carbons (Fsp3) is 0.261. The number of likely N-dealkylation sites (tertiary alicyclic amines) is 1. The highest BCUT2D eigenvalue weighted by atomic mass is 16.6. The van der Waals surface area contributed by atoms with Crippen LogP contribution in [0.3, 0.4) is 0 Å². The molecule has 0 radical (unpaired) electrons. The summed E-state index contributed by atoms with van der Waals surface area (Å²) in [6, 6.07) is 17.5. The first-order chi connectivity index (χ1) is 14.7. The van der Waals surface area contributed by atoms with Crippen LogP contribution in [-0.4, -0.2) is 34.2 Å². The van der Waals surface area contributed by atoms with E-state index in [0.717, 1.165) is 66.1 Å². The lowest BCUT2D eigenvalue weighted by atomic mass is 9.96. The van der Waals surface area contributed by atoms with Crippen molar-refractivity contribution in [2.24, 2.45) is 5.92 Å². The van der Waals surface area contributed by atoms with Gasteiger partial charge in [-0.05, 0) is 83.8 Å². The zero-order valence-electron chi connectivity index (χ0n) is 16.5. The molecule has 4 aromatic rings. The van der Waals surface area contributed by atoms with E-state index >= 15 is 0 Å². The van der Waals surface area contributed by atoms with Gasteiger partial charge in [-0.15, -0.1) is 0 Å². The third kappa shape index (κ3) is 3.97. The van der Waals surface area contributed by atoms with Crippen molar-refractivity contribution in [3.8, 4) is 11.3 Å². The summed E-state index contributed by atoms with van der Waals surface area (Å²) in [6.07, 6.45) is 3.56. The molecule has 152 valence electrons. The van der Waals surface area contributed by atoms with Crippen LogP contribution in [0.5, 0.6) is 0 Å². The second-order valence-electron chi connectivity index (χ2n) is 7.71. The Morgan fingerprint density at radius 1 is 1.10 bits per heavy atom. The third-order valence-corrected chi connectivity index (χ3v) is 5.56. The van der Waals surface area contributed by atoms with Gasteiger partial charge in [-0.1, -0.05) is 6.07 Å². The lowest BCUT2D eigenvalue weighted by Gasteiger charge is -2.32. The number of nitrogens with zero attached hydrogens (tertiary/aromatic N) is 3. The van der Waals surface area contributed by atoms with Crippen LogP contribution in [0.25, 0.3) is 22.4 Å². The first-order valence-corrected chi connectivity index (χ1v) is 10.1. The summed E-state index contributed by atoms with van der Waals surface area (Å²) in [7, 11) is 0. The van der Waals surface area contributed by atoms with Crippen molar-refractivity contribution >= 4 is 22.6 Å². The summed E-state index contributed by atoms with van der Waals surface area (Å²) in [5.74, 6) is 0.859. The molecule has 5 rings (SSSR count). The molecule has 1 aliphatic rings. The first-order valence-electron chi connectivity index (χ1n) is 10.1. The molecule has 1 fully saturated rings. The number of anilines is 1. The number of benzene rings is 2. The maximum Gasteiger partial charge on any atom is 0.228 e. The number of carbonyl (C=O) groups excluding carboxylic acids is 1. The van der Waals surface area contributed by atoms with Gasteiger partial charge < -0.3 is 9.73 Å². The third-order valence-electron chi connectivity index (χ3n) is 5.56. The number of carbonyl (C=O) groups is 1. The Bertz CT molecular complexity index is 1130. The van der Waals surface area contributed by atoms with E-state index in [9.17, 15) is 4.79 Å². The fourth-order valence-electron chi connectivity index (χ4n) is 4.00. The van der Waals surface area contributed by atoms with Crippen LogP contribution < -0.4 is 5.32 Å². The average molecular weight is 402 g/mol. The second kappa shape index (κ2) is 8.12. The molecule has 1 unspecified atom stereocenters. The number of aromatic nitrogens is 2. The molecule has 1 amide bonds. The van der Waals surface area contributed by atoms with Gasteiger partial charge in [0.2, 0.25) is 5.91 Å². The van der Waals surface area contributed by atoms with E-state index in [4.69, 9.17) is 9.05 Å². The van der Waals surface area contributed by atoms with Crippen molar-refractivity contribution in [1.82, 2.24) is 15.2 Å². The molecule has 0 bridgehead atoms. The topological polar surface area (TPSA) is 84.4 Å². The van der Waals surface area contributed by atoms with Gasteiger partial charge in [0.15, 0.2) is 0 Å². The summed E-state index contributed by atoms with van der Waals surface area (Å²) >= 11 is 0. The number of hydrogen-bond acceptors (Lipinski definition) is 6. The Labute approximate surface area is 173 Å². The van der Waals surface area contributed by atoms with Crippen LogP contribution >= 0.6 is 0 Å². The Morgan fingerprint density at radius 2 is 1.97 bits per heavy atom. The Morgan fingerprint density at radius 3 is 2.80 bits per heavy atom. The fourth-order valence-corrected chi connectivity index (χ4v) is 4.00. The average Bonchev–Trinajstić information content (AvgIpc) is 3.46. The number of furan rings is 1. The van der Waals surface area contributed by atoms with Crippen LogP contribution in [0.1, 0.15) is 18.4 Å². The molecule has 1 N–H and O–H groups in total. The van der Waals surface area contributed by atoms with Gasteiger partial charge in [-0.25, -0.2) is 4.63 Å². The lowest BCUT2D eigenvalue weighted by molar-refractivity contribution is -0.121. The molecule has 7 heteroatoms. The largest absolute Gasteiger partial charge is 0.464 e. The first kappa shape index (κ1) is 18.6. The Balaban J connectivity index is 1.20. The minimum atomic E-state index is -0.0269. The molecule has 0 saturated carbocycles. The Kier molecular flexibility index (Phi) is 5.03. The zero-order chi connectivity index (χ0) is 20.3. The van der Waals surface area contributed by atoms with Crippen molar-refractivity contribution in [2.75, 3.05) is 18.4 Å². The van der Waals surface area contributed by atoms with Gasteiger partial charge in [0.1, 0.15) is 16.8 Å². The summed E-state index contributed by atoms with van der Waals surface area (Å²) in [4.78, 5) is 15.2. The van der Waals surface area contributed by atoms with Crippen molar-refractivity contribution < 1.29 is 13.8 Å². The molecule has 7 nitrogen and oxygen atoms in total. The van der Waals surface area contributed by atoms with Crippen LogP contribution in [0.4, 0.5) is 5.69 Å². The quantitative estimate of drug-likeness (QED) is 0.535. The molecule has 3 heterocycles. The minimum absolute atomic E-state index is 0.0269. The van der Waals surface area contributed by atoms with Gasteiger partial charge in [-0.2, -0.15) is 0 Å². The van der Waals surface area contributed by atoms with Gasteiger partial charge in [0.05, 0.1) is 12.2 Å². The lowest BCUT2D eigenvalue weighted by Crippen LogP contribution is -2.40. The zero-order valence-corrected chi connectivity index (χ0v) is 16.5. The highest BCUT2D eigenvalue weighted by Crippen LogP contribution is 2.24. The molecule has 1 saturated heterocycles. The SMILES string of the molecule is O=C(Nc1ccc(-c2ccco2)cc1)C1CCCN(Cc2ccc3nonc3c2)C1. The monoisotopic (exact) mass is 402 g/mol. The molecule has 1 atom stereocenters. The van der Waals surface area contributed by atoms with E-state index in [0.29, 0.717) is 0 Å².